The number of amides is 1. The molecule has 4 nitrogen and oxygen atoms in total. The Hall–Kier alpha value is -1.39. The lowest BCUT2D eigenvalue weighted by Gasteiger charge is -2.30. The molecule has 2 rings (SSSR count). The Morgan fingerprint density at radius 3 is 2.80 bits per heavy atom. The Labute approximate surface area is 121 Å². The third kappa shape index (κ3) is 4.32. The van der Waals surface area contributed by atoms with Gasteiger partial charge in [0.15, 0.2) is 0 Å². The van der Waals surface area contributed by atoms with Gasteiger partial charge in [-0.25, -0.2) is 0 Å². The Bertz CT molecular complexity index is 439. The molecule has 110 valence electrons. The Kier molecular flexibility index (Phi) is 5.56. The summed E-state index contributed by atoms with van der Waals surface area (Å²) in [6.07, 6.45) is 3.19. The van der Waals surface area contributed by atoms with Crippen molar-refractivity contribution in [3.8, 4) is 0 Å². The van der Waals surface area contributed by atoms with Gasteiger partial charge in [-0.15, -0.1) is 0 Å². The van der Waals surface area contributed by atoms with E-state index in [0.29, 0.717) is 12.5 Å². The lowest BCUT2D eigenvalue weighted by atomic mass is 9.97. The van der Waals surface area contributed by atoms with Gasteiger partial charge in [0.2, 0.25) is 5.91 Å². The molecule has 1 fully saturated rings. The third-order valence-corrected chi connectivity index (χ3v) is 4.03. The van der Waals surface area contributed by atoms with Gasteiger partial charge in [0, 0.05) is 5.69 Å². The second kappa shape index (κ2) is 7.41. The van der Waals surface area contributed by atoms with E-state index in [1.165, 1.54) is 5.56 Å². The zero-order valence-corrected chi connectivity index (χ0v) is 12.3. The molecule has 1 aromatic carbocycles. The predicted octanol–water partition coefficient (Wildman–Crippen LogP) is 1.86. The second-order valence-electron chi connectivity index (χ2n) is 5.56. The van der Waals surface area contributed by atoms with Crippen LogP contribution in [0.5, 0.6) is 0 Å². The topological polar surface area (TPSA) is 58.4 Å². The van der Waals surface area contributed by atoms with Crippen LogP contribution in [0.1, 0.15) is 25.3 Å². The van der Waals surface area contributed by atoms with Crippen molar-refractivity contribution in [1.82, 2.24) is 4.90 Å². The van der Waals surface area contributed by atoms with Crippen LogP contribution in [0.25, 0.3) is 0 Å². The summed E-state index contributed by atoms with van der Waals surface area (Å²) in [6.45, 7) is 5.31. The van der Waals surface area contributed by atoms with E-state index in [9.17, 15) is 4.79 Å². The SMILES string of the molecule is CCc1cccc(NC(=O)CN2CCC(CN)CC2)c1. The minimum Gasteiger partial charge on any atom is -0.330 e. The Morgan fingerprint density at radius 1 is 1.40 bits per heavy atom. The maximum absolute atomic E-state index is 12.1. The van der Waals surface area contributed by atoms with Crippen molar-refractivity contribution in [2.45, 2.75) is 26.2 Å². The van der Waals surface area contributed by atoms with Crippen LogP contribution in [0.3, 0.4) is 0 Å². The molecular weight excluding hydrogens is 250 g/mol. The van der Waals surface area contributed by atoms with Crippen LogP contribution in [0, 0.1) is 5.92 Å². The lowest BCUT2D eigenvalue weighted by molar-refractivity contribution is -0.117. The van der Waals surface area contributed by atoms with Gasteiger partial charge in [-0.3, -0.25) is 9.69 Å². The number of benzene rings is 1. The maximum Gasteiger partial charge on any atom is 0.238 e. The van der Waals surface area contributed by atoms with Gasteiger partial charge in [0.05, 0.1) is 6.54 Å². The summed E-state index contributed by atoms with van der Waals surface area (Å²) < 4.78 is 0. The highest BCUT2D eigenvalue weighted by Crippen LogP contribution is 2.16. The summed E-state index contributed by atoms with van der Waals surface area (Å²) in [5.41, 5.74) is 7.82. The van der Waals surface area contributed by atoms with Crippen molar-refractivity contribution >= 4 is 11.6 Å². The van der Waals surface area contributed by atoms with Crippen LogP contribution in [-0.4, -0.2) is 37.0 Å². The van der Waals surface area contributed by atoms with Crippen LogP contribution >= 0.6 is 0 Å². The van der Waals surface area contributed by atoms with Gasteiger partial charge >= 0.3 is 0 Å². The molecule has 1 aliphatic heterocycles. The van der Waals surface area contributed by atoms with Crippen molar-refractivity contribution in [3.05, 3.63) is 29.8 Å². The predicted molar refractivity (Wildman–Crippen MR) is 82.7 cm³/mol. The van der Waals surface area contributed by atoms with E-state index in [1.807, 2.05) is 18.2 Å². The van der Waals surface area contributed by atoms with Crippen molar-refractivity contribution < 1.29 is 4.79 Å². The number of likely N-dealkylation sites (tertiary alicyclic amines) is 1. The van der Waals surface area contributed by atoms with Crippen LogP contribution < -0.4 is 11.1 Å². The molecule has 0 spiro atoms. The molecule has 1 heterocycles. The summed E-state index contributed by atoms with van der Waals surface area (Å²) in [4.78, 5) is 14.3. The van der Waals surface area contributed by atoms with Crippen LogP contribution in [0.4, 0.5) is 5.69 Å². The average Bonchev–Trinajstić information content (AvgIpc) is 2.48. The molecule has 1 amide bonds. The van der Waals surface area contributed by atoms with Crippen LogP contribution in [0.2, 0.25) is 0 Å². The fourth-order valence-electron chi connectivity index (χ4n) is 2.65. The van der Waals surface area contributed by atoms with Gasteiger partial charge in [0.25, 0.3) is 0 Å². The minimum absolute atomic E-state index is 0.0736. The molecule has 0 unspecified atom stereocenters. The van der Waals surface area contributed by atoms with Gasteiger partial charge in [-0.2, -0.15) is 0 Å². The van der Waals surface area contributed by atoms with Crippen molar-refractivity contribution in [1.29, 1.82) is 0 Å². The molecule has 1 saturated heterocycles. The molecular formula is C16H25N3O. The molecule has 4 heteroatoms. The third-order valence-electron chi connectivity index (χ3n) is 4.03. The van der Waals surface area contributed by atoms with Crippen LogP contribution in [-0.2, 0) is 11.2 Å². The summed E-state index contributed by atoms with van der Waals surface area (Å²) >= 11 is 0. The summed E-state index contributed by atoms with van der Waals surface area (Å²) in [5, 5.41) is 2.98. The molecule has 0 atom stereocenters. The van der Waals surface area contributed by atoms with E-state index in [-0.39, 0.29) is 5.91 Å². The smallest absolute Gasteiger partial charge is 0.238 e. The largest absolute Gasteiger partial charge is 0.330 e. The minimum atomic E-state index is 0.0736. The number of nitrogens with zero attached hydrogens (tertiary/aromatic N) is 1. The quantitative estimate of drug-likeness (QED) is 0.862. The van der Waals surface area contributed by atoms with E-state index in [0.717, 1.165) is 44.6 Å². The Morgan fingerprint density at radius 2 is 2.15 bits per heavy atom. The molecule has 1 aromatic rings. The second-order valence-corrected chi connectivity index (χ2v) is 5.56. The molecule has 20 heavy (non-hydrogen) atoms. The fourth-order valence-corrected chi connectivity index (χ4v) is 2.65. The number of piperidine rings is 1. The van der Waals surface area contributed by atoms with E-state index in [4.69, 9.17) is 5.73 Å². The van der Waals surface area contributed by atoms with Crippen LogP contribution in [0.15, 0.2) is 24.3 Å². The molecule has 0 aliphatic carbocycles. The number of aryl methyl sites for hydroxylation is 1. The van der Waals surface area contributed by atoms with E-state index in [2.05, 4.69) is 23.2 Å². The van der Waals surface area contributed by atoms with Gasteiger partial charge in [0.1, 0.15) is 0 Å². The number of hydrogen-bond acceptors (Lipinski definition) is 3. The summed E-state index contributed by atoms with van der Waals surface area (Å²) in [6, 6.07) is 8.05. The maximum atomic E-state index is 12.1. The van der Waals surface area contributed by atoms with E-state index in [1.54, 1.807) is 0 Å². The molecule has 0 aromatic heterocycles. The van der Waals surface area contributed by atoms with Crippen molar-refractivity contribution in [3.63, 3.8) is 0 Å². The lowest BCUT2D eigenvalue weighted by Crippen LogP contribution is -2.40. The highest BCUT2D eigenvalue weighted by molar-refractivity contribution is 5.92. The molecule has 0 bridgehead atoms. The zero-order chi connectivity index (χ0) is 14.4. The number of carbonyl (C=O) groups is 1. The molecule has 0 radical (unpaired) electrons. The number of hydrogen-bond donors (Lipinski definition) is 2. The van der Waals surface area contributed by atoms with Gasteiger partial charge in [-0.1, -0.05) is 19.1 Å². The number of nitrogens with two attached hydrogens (primary N) is 1. The number of carbonyl (C=O) groups excluding carboxylic acids is 1. The highest BCUT2D eigenvalue weighted by atomic mass is 16.2. The normalized spacial score (nSPS) is 17.1. The monoisotopic (exact) mass is 275 g/mol. The van der Waals surface area contributed by atoms with Gasteiger partial charge in [-0.05, 0) is 62.5 Å². The molecule has 3 N–H and O–H groups in total. The summed E-state index contributed by atoms with van der Waals surface area (Å²) in [7, 11) is 0. The van der Waals surface area contributed by atoms with Crippen molar-refractivity contribution in [2.24, 2.45) is 11.7 Å². The standard InChI is InChI=1S/C16H25N3O/c1-2-13-4-3-5-15(10-13)18-16(20)12-19-8-6-14(11-17)7-9-19/h3-5,10,14H,2,6-9,11-12,17H2,1H3,(H,18,20). The first-order chi connectivity index (χ1) is 9.71. The first-order valence-electron chi connectivity index (χ1n) is 7.52. The fraction of sp³-hybridized carbons (Fsp3) is 0.562. The first-order valence-corrected chi connectivity index (χ1v) is 7.52. The van der Waals surface area contributed by atoms with Gasteiger partial charge < -0.3 is 11.1 Å². The number of anilines is 1. The highest BCUT2D eigenvalue weighted by Gasteiger charge is 2.19. The Balaban J connectivity index is 1.80. The number of nitrogens with one attached hydrogen (secondary N) is 1. The zero-order valence-electron chi connectivity index (χ0n) is 12.3. The van der Waals surface area contributed by atoms with E-state index < -0.39 is 0 Å². The first kappa shape index (κ1) is 15.0. The van der Waals surface area contributed by atoms with E-state index >= 15 is 0 Å². The van der Waals surface area contributed by atoms with Crippen molar-refractivity contribution in [2.75, 3.05) is 31.5 Å². The molecule has 1 aliphatic rings. The average molecular weight is 275 g/mol. The molecule has 0 saturated carbocycles. The summed E-state index contributed by atoms with van der Waals surface area (Å²) in [5.74, 6) is 0.708. The number of rotatable bonds is 5.